The van der Waals surface area contributed by atoms with E-state index in [0.29, 0.717) is 17.4 Å². The molecule has 1 unspecified atom stereocenters. The monoisotopic (exact) mass is 220 g/mol. The molecule has 13 heavy (non-hydrogen) atoms. The highest BCUT2D eigenvalue weighted by atomic mass is 35.5. The summed E-state index contributed by atoms with van der Waals surface area (Å²) in [6.45, 7) is 2.51. The van der Waals surface area contributed by atoms with Crippen molar-refractivity contribution >= 4 is 23.2 Å². The van der Waals surface area contributed by atoms with Gasteiger partial charge in [-0.2, -0.15) is 0 Å². The summed E-state index contributed by atoms with van der Waals surface area (Å²) >= 11 is 11.3. The molecule has 0 aliphatic heterocycles. The second kappa shape index (κ2) is 4.63. The van der Waals surface area contributed by atoms with Crippen LogP contribution in [0.25, 0.3) is 0 Å². The minimum Gasteiger partial charge on any atom is -0.297 e. The standard InChI is InChI=1S/C8H10Cl2N2O/c1-6(2-9)4-12-5-7(10)3-11-8(12)13/h3,5-6H,2,4H2,1H3. The van der Waals surface area contributed by atoms with Crippen LogP contribution in [0.1, 0.15) is 6.92 Å². The predicted octanol–water partition coefficient (Wildman–Crippen LogP) is 1.77. The molecule has 0 fully saturated rings. The van der Waals surface area contributed by atoms with E-state index in [4.69, 9.17) is 23.2 Å². The number of aromatic nitrogens is 2. The molecule has 0 N–H and O–H groups in total. The summed E-state index contributed by atoms with van der Waals surface area (Å²) in [7, 11) is 0. The van der Waals surface area contributed by atoms with Crippen molar-refractivity contribution in [3.63, 3.8) is 0 Å². The number of alkyl halides is 1. The van der Waals surface area contributed by atoms with E-state index >= 15 is 0 Å². The average molecular weight is 221 g/mol. The minimum atomic E-state index is -0.290. The topological polar surface area (TPSA) is 34.9 Å². The van der Waals surface area contributed by atoms with Crippen LogP contribution in [0.15, 0.2) is 17.2 Å². The molecular weight excluding hydrogens is 211 g/mol. The van der Waals surface area contributed by atoms with E-state index in [0.717, 1.165) is 0 Å². The Morgan fingerprint density at radius 3 is 3.00 bits per heavy atom. The summed E-state index contributed by atoms with van der Waals surface area (Å²) in [6.07, 6.45) is 2.91. The Balaban J connectivity index is 2.87. The molecule has 0 aliphatic carbocycles. The molecule has 0 saturated carbocycles. The number of hydrogen-bond donors (Lipinski definition) is 0. The molecule has 1 heterocycles. The van der Waals surface area contributed by atoms with Crippen LogP contribution < -0.4 is 5.69 Å². The lowest BCUT2D eigenvalue weighted by Crippen LogP contribution is -2.25. The van der Waals surface area contributed by atoms with Gasteiger partial charge in [-0.25, -0.2) is 9.78 Å². The maximum absolute atomic E-state index is 11.2. The number of nitrogens with zero attached hydrogens (tertiary/aromatic N) is 2. The Morgan fingerprint density at radius 1 is 1.69 bits per heavy atom. The van der Waals surface area contributed by atoms with Gasteiger partial charge in [0.2, 0.25) is 0 Å². The summed E-state index contributed by atoms with van der Waals surface area (Å²) in [5, 5.41) is 0.460. The second-order valence-electron chi connectivity index (χ2n) is 2.97. The molecule has 0 saturated heterocycles. The first kappa shape index (κ1) is 10.5. The zero-order chi connectivity index (χ0) is 9.84. The number of rotatable bonds is 3. The lowest BCUT2D eigenvalue weighted by atomic mass is 10.2. The van der Waals surface area contributed by atoms with Gasteiger partial charge in [0, 0.05) is 18.6 Å². The second-order valence-corrected chi connectivity index (χ2v) is 3.71. The summed E-state index contributed by atoms with van der Waals surface area (Å²) < 4.78 is 1.47. The third-order valence-corrected chi connectivity index (χ3v) is 2.32. The van der Waals surface area contributed by atoms with Crippen LogP contribution in [0.5, 0.6) is 0 Å². The van der Waals surface area contributed by atoms with E-state index in [9.17, 15) is 4.79 Å². The molecule has 0 spiro atoms. The Morgan fingerprint density at radius 2 is 2.38 bits per heavy atom. The Bertz CT molecular complexity index is 337. The van der Waals surface area contributed by atoms with Gasteiger partial charge < -0.3 is 0 Å². The quantitative estimate of drug-likeness (QED) is 0.729. The van der Waals surface area contributed by atoms with Gasteiger partial charge in [-0.15, -0.1) is 11.6 Å². The predicted molar refractivity (Wildman–Crippen MR) is 53.4 cm³/mol. The molecule has 0 aliphatic rings. The van der Waals surface area contributed by atoms with Gasteiger partial charge in [0.1, 0.15) is 0 Å². The maximum atomic E-state index is 11.2. The molecule has 1 aromatic heterocycles. The van der Waals surface area contributed by atoms with Crippen molar-refractivity contribution < 1.29 is 0 Å². The van der Waals surface area contributed by atoms with Crippen molar-refractivity contribution in [2.75, 3.05) is 5.88 Å². The van der Waals surface area contributed by atoms with Gasteiger partial charge in [0.05, 0.1) is 11.2 Å². The fourth-order valence-corrected chi connectivity index (χ4v) is 1.21. The van der Waals surface area contributed by atoms with Crippen LogP contribution in [-0.4, -0.2) is 15.4 Å². The normalized spacial score (nSPS) is 12.8. The van der Waals surface area contributed by atoms with Crippen LogP contribution >= 0.6 is 23.2 Å². The van der Waals surface area contributed by atoms with Crippen molar-refractivity contribution in [2.24, 2.45) is 5.92 Å². The largest absolute Gasteiger partial charge is 0.347 e. The molecule has 0 aromatic carbocycles. The van der Waals surface area contributed by atoms with Crippen molar-refractivity contribution in [3.05, 3.63) is 27.9 Å². The first-order valence-corrected chi connectivity index (χ1v) is 4.82. The first-order chi connectivity index (χ1) is 6.13. The van der Waals surface area contributed by atoms with Crippen LogP contribution in [-0.2, 0) is 6.54 Å². The lowest BCUT2D eigenvalue weighted by Gasteiger charge is -2.09. The van der Waals surface area contributed by atoms with E-state index in [-0.39, 0.29) is 11.6 Å². The molecule has 0 radical (unpaired) electrons. The molecule has 1 atom stereocenters. The smallest absolute Gasteiger partial charge is 0.297 e. The van der Waals surface area contributed by atoms with E-state index in [1.807, 2.05) is 6.92 Å². The first-order valence-electron chi connectivity index (χ1n) is 3.91. The molecule has 72 valence electrons. The highest BCUT2D eigenvalue weighted by Crippen LogP contribution is 2.05. The van der Waals surface area contributed by atoms with Gasteiger partial charge in [-0.3, -0.25) is 4.57 Å². The Kier molecular flexibility index (Phi) is 3.75. The highest BCUT2D eigenvalue weighted by Gasteiger charge is 2.03. The van der Waals surface area contributed by atoms with Gasteiger partial charge in [-0.1, -0.05) is 18.5 Å². The number of hydrogen-bond acceptors (Lipinski definition) is 2. The molecule has 1 rings (SSSR count). The minimum absolute atomic E-state index is 0.236. The van der Waals surface area contributed by atoms with E-state index in [1.54, 1.807) is 6.20 Å². The summed E-state index contributed by atoms with van der Waals surface area (Å²) in [5.74, 6) is 0.749. The van der Waals surface area contributed by atoms with E-state index in [1.165, 1.54) is 10.8 Å². The summed E-state index contributed by atoms with van der Waals surface area (Å²) in [4.78, 5) is 14.8. The SMILES string of the molecule is CC(CCl)Cn1cc(Cl)cnc1=O. The average Bonchev–Trinajstić information content (AvgIpc) is 2.11. The third-order valence-electron chi connectivity index (χ3n) is 1.59. The van der Waals surface area contributed by atoms with Gasteiger partial charge in [0.25, 0.3) is 0 Å². The Labute approximate surface area is 86.3 Å². The molecular formula is C8H10Cl2N2O. The fraction of sp³-hybridized carbons (Fsp3) is 0.500. The van der Waals surface area contributed by atoms with Crippen molar-refractivity contribution in [3.8, 4) is 0 Å². The Hall–Kier alpha value is -0.540. The van der Waals surface area contributed by atoms with Crippen LogP contribution in [0.4, 0.5) is 0 Å². The fourth-order valence-electron chi connectivity index (χ4n) is 0.944. The van der Waals surface area contributed by atoms with Crippen molar-refractivity contribution in [1.29, 1.82) is 0 Å². The van der Waals surface area contributed by atoms with Gasteiger partial charge >= 0.3 is 5.69 Å². The summed E-state index contributed by atoms with van der Waals surface area (Å²) in [6, 6.07) is 0. The van der Waals surface area contributed by atoms with Gasteiger partial charge in [-0.05, 0) is 5.92 Å². The molecule has 5 heteroatoms. The maximum Gasteiger partial charge on any atom is 0.347 e. The van der Waals surface area contributed by atoms with Crippen LogP contribution in [0, 0.1) is 5.92 Å². The van der Waals surface area contributed by atoms with Gasteiger partial charge in [0.15, 0.2) is 0 Å². The molecule has 3 nitrogen and oxygen atoms in total. The highest BCUT2D eigenvalue weighted by molar-refractivity contribution is 6.30. The van der Waals surface area contributed by atoms with E-state index < -0.39 is 0 Å². The third kappa shape index (κ3) is 3.01. The van der Waals surface area contributed by atoms with Crippen molar-refractivity contribution in [2.45, 2.75) is 13.5 Å². The summed E-state index contributed by atoms with van der Waals surface area (Å²) in [5.41, 5.74) is -0.290. The molecule has 0 bridgehead atoms. The molecule has 1 aromatic rings. The number of halogens is 2. The van der Waals surface area contributed by atoms with Crippen LogP contribution in [0.2, 0.25) is 5.02 Å². The molecule has 0 amide bonds. The lowest BCUT2D eigenvalue weighted by molar-refractivity contribution is 0.508. The zero-order valence-corrected chi connectivity index (χ0v) is 8.72. The van der Waals surface area contributed by atoms with Crippen LogP contribution in [0.3, 0.4) is 0 Å². The van der Waals surface area contributed by atoms with Crippen molar-refractivity contribution in [1.82, 2.24) is 9.55 Å². The van der Waals surface area contributed by atoms with E-state index in [2.05, 4.69) is 4.98 Å². The zero-order valence-electron chi connectivity index (χ0n) is 7.20.